The zero-order valence-electron chi connectivity index (χ0n) is 9.76. The van der Waals surface area contributed by atoms with Crippen LogP contribution in [0.3, 0.4) is 0 Å². The van der Waals surface area contributed by atoms with Crippen LogP contribution < -0.4 is 10.6 Å². The highest BCUT2D eigenvalue weighted by Gasteiger charge is 2.17. The van der Waals surface area contributed by atoms with Crippen molar-refractivity contribution in [2.24, 2.45) is 10.9 Å². The van der Waals surface area contributed by atoms with E-state index in [0.717, 1.165) is 29.4 Å². The van der Waals surface area contributed by atoms with E-state index in [1.165, 1.54) is 19.3 Å². The van der Waals surface area contributed by atoms with Crippen LogP contribution in [0.25, 0.3) is 0 Å². The van der Waals surface area contributed by atoms with Gasteiger partial charge >= 0.3 is 0 Å². The molecule has 0 aliphatic heterocycles. The number of hydrogen-bond acceptors (Lipinski definition) is 1. The summed E-state index contributed by atoms with van der Waals surface area (Å²) in [5.41, 5.74) is 0. The Morgan fingerprint density at radius 1 is 1.44 bits per heavy atom. The summed E-state index contributed by atoms with van der Waals surface area (Å²) in [6.45, 7) is 8.40. The van der Waals surface area contributed by atoms with Gasteiger partial charge in [0.05, 0.1) is 6.54 Å². The number of guanidine groups is 1. The summed E-state index contributed by atoms with van der Waals surface area (Å²) in [6.07, 6.45) is 4.10. The van der Waals surface area contributed by atoms with Crippen LogP contribution in [0, 0.1) is 5.92 Å². The van der Waals surface area contributed by atoms with Crippen molar-refractivity contribution in [2.75, 3.05) is 19.6 Å². The summed E-state index contributed by atoms with van der Waals surface area (Å²) in [5.74, 6) is 1.74. The van der Waals surface area contributed by atoms with Crippen molar-refractivity contribution < 1.29 is 0 Å². The van der Waals surface area contributed by atoms with Crippen LogP contribution in [0.15, 0.2) is 16.1 Å². The lowest BCUT2D eigenvalue weighted by atomic mass is 9.85. The minimum atomic E-state index is 0. The smallest absolute Gasteiger partial charge is 0.191 e. The first-order valence-corrected chi connectivity index (χ1v) is 6.37. The largest absolute Gasteiger partial charge is 0.357 e. The molecule has 5 heteroatoms. The molecule has 94 valence electrons. The zero-order valence-corrected chi connectivity index (χ0v) is 13.7. The van der Waals surface area contributed by atoms with E-state index in [0.29, 0.717) is 6.54 Å². The molecule has 0 spiro atoms. The molecule has 0 bridgehead atoms. The molecule has 0 radical (unpaired) electrons. The van der Waals surface area contributed by atoms with Crippen LogP contribution >= 0.6 is 39.9 Å². The molecule has 0 aromatic heterocycles. The van der Waals surface area contributed by atoms with E-state index in [-0.39, 0.29) is 24.0 Å². The quantitative estimate of drug-likeness (QED) is 0.422. The van der Waals surface area contributed by atoms with Crippen molar-refractivity contribution in [3.05, 3.63) is 11.1 Å². The van der Waals surface area contributed by atoms with Gasteiger partial charge in [0.15, 0.2) is 5.96 Å². The lowest BCUT2D eigenvalue weighted by molar-refractivity contribution is 0.314. The van der Waals surface area contributed by atoms with Gasteiger partial charge in [-0.1, -0.05) is 28.9 Å². The van der Waals surface area contributed by atoms with Gasteiger partial charge in [0.2, 0.25) is 0 Å². The molecule has 1 fully saturated rings. The Bertz CT molecular complexity index is 239. The fraction of sp³-hybridized carbons (Fsp3) is 0.727. The molecule has 1 aliphatic rings. The van der Waals surface area contributed by atoms with Gasteiger partial charge in [0, 0.05) is 17.6 Å². The van der Waals surface area contributed by atoms with Gasteiger partial charge in [-0.25, -0.2) is 4.99 Å². The second-order valence-electron chi connectivity index (χ2n) is 3.89. The molecule has 0 saturated heterocycles. The van der Waals surface area contributed by atoms with Crippen LogP contribution in [-0.2, 0) is 0 Å². The number of nitrogens with zero attached hydrogens (tertiary/aromatic N) is 1. The topological polar surface area (TPSA) is 36.4 Å². The molecule has 0 unspecified atom stereocenters. The molecular formula is C11H21BrIN3. The third-order valence-electron chi connectivity index (χ3n) is 2.54. The highest BCUT2D eigenvalue weighted by Crippen LogP contribution is 2.24. The van der Waals surface area contributed by atoms with E-state index >= 15 is 0 Å². The first-order chi connectivity index (χ1) is 7.22. The molecule has 1 rings (SSSR count). The molecule has 0 heterocycles. The summed E-state index contributed by atoms with van der Waals surface area (Å²) in [4.78, 5) is 4.39. The third kappa shape index (κ3) is 6.73. The summed E-state index contributed by atoms with van der Waals surface area (Å²) in [6, 6.07) is 0. The van der Waals surface area contributed by atoms with Crippen LogP contribution in [0.5, 0.6) is 0 Å². The fourth-order valence-corrected chi connectivity index (χ4v) is 1.57. The number of halogens is 2. The average molecular weight is 402 g/mol. The van der Waals surface area contributed by atoms with E-state index in [9.17, 15) is 0 Å². The van der Waals surface area contributed by atoms with Crippen molar-refractivity contribution in [2.45, 2.75) is 26.2 Å². The summed E-state index contributed by atoms with van der Waals surface area (Å²) >= 11 is 3.30. The predicted molar refractivity (Wildman–Crippen MR) is 84.8 cm³/mol. The van der Waals surface area contributed by atoms with Crippen LogP contribution in [0.2, 0.25) is 0 Å². The van der Waals surface area contributed by atoms with Crippen molar-refractivity contribution in [1.29, 1.82) is 0 Å². The lowest BCUT2D eigenvalue weighted by Crippen LogP contribution is -2.41. The standard InChI is InChI=1S/C11H20BrN3.HI/c1-3-13-11(14-7-9(2)12)15-8-10-5-4-6-10;/h10H,2-8H2,1H3,(H2,13,14,15);1H. The first kappa shape index (κ1) is 16.2. The molecular weight excluding hydrogens is 381 g/mol. The lowest BCUT2D eigenvalue weighted by Gasteiger charge is -2.26. The van der Waals surface area contributed by atoms with E-state index in [4.69, 9.17) is 0 Å². The molecule has 0 aromatic carbocycles. The molecule has 3 nitrogen and oxygen atoms in total. The molecule has 0 atom stereocenters. The predicted octanol–water partition coefficient (Wildman–Crippen LogP) is 2.87. The second-order valence-corrected chi connectivity index (χ2v) is 5.01. The van der Waals surface area contributed by atoms with Gasteiger partial charge in [-0.3, -0.25) is 0 Å². The maximum absolute atomic E-state index is 4.39. The van der Waals surface area contributed by atoms with Gasteiger partial charge in [0.1, 0.15) is 0 Å². The van der Waals surface area contributed by atoms with Crippen molar-refractivity contribution in [1.82, 2.24) is 10.6 Å². The Kier molecular flexibility index (Phi) is 9.40. The van der Waals surface area contributed by atoms with Crippen LogP contribution in [0.4, 0.5) is 0 Å². The third-order valence-corrected chi connectivity index (χ3v) is 2.79. The molecule has 1 saturated carbocycles. The summed E-state index contributed by atoms with van der Waals surface area (Å²) in [7, 11) is 0. The Hall–Kier alpha value is 0.220. The minimum Gasteiger partial charge on any atom is -0.357 e. The SMILES string of the molecule is C=C(Br)CN=C(NCC)NCC1CCC1.I. The van der Waals surface area contributed by atoms with Gasteiger partial charge < -0.3 is 10.6 Å². The Morgan fingerprint density at radius 3 is 2.56 bits per heavy atom. The normalized spacial score (nSPS) is 16.0. The maximum atomic E-state index is 4.39. The van der Waals surface area contributed by atoms with Crippen molar-refractivity contribution >= 4 is 45.9 Å². The van der Waals surface area contributed by atoms with Crippen LogP contribution in [-0.4, -0.2) is 25.6 Å². The molecule has 16 heavy (non-hydrogen) atoms. The second kappa shape index (κ2) is 9.27. The van der Waals surface area contributed by atoms with E-state index in [2.05, 4.69) is 45.1 Å². The maximum Gasteiger partial charge on any atom is 0.191 e. The average Bonchev–Trinajstić information content (AvgIpc) is 2.11. The summed E-state index contributed by atoms with van der Waals surface area (Å²) < 4.78 is 0.906. The van der Waals surface area contributed by atoms with Crippen LogP contribution in [0.1, 0.15) is 26.2 Å². The van der Waals surface area contributed by atoms with E-state index in [1.54, 1.807) is 0 Å². The highest BCUT2D eigenvalue weighted by molar-refractivity contribution is 14.0. The number of nitrogens with one attached hydrogen (secondary N) is 2. The Labute approximate surface area is 124 Å². The van der Waals surface area contributed by atoms with E-state index in [1.807, 2.05) is 0 Å². The minimum absolute atomic E-state index is 0. The monoisotopic (exact) mass is 401 g/mol. The fourth-order valence-electron chi connectivity index (χ4n) is 1.44. The van der Waals surface area contributed by atoms with Gasteiger partial charge in [0.25, 0.3) is 0 Å². The molecule has 0 aromatic rings. The Balaban J connectivity index is 0.00000225. The van der Waals surface area contributed by atoms with Crippen molar-refractivity contribution in [3.8, 4) is 0 Å². The van der Waals surface area contributed by atoms with Gasteiger partial charge in [-0.05, 0) is 25.7 Å². The van der Waals surface area contributed by atoms with E-state index < -0.39 is 0 Å². The highest BCUT2D eigenvalue weighted by atomic mass is 127. The Morgan fingerprint density at radius 2 is 2.12 bits per heavy atom. The molecule has 0 amide bonds. The number of rotatable bonds is 5. The number of aliphatic imine (C=N–C) groups is 1. The number of hydrogen-bond donors (Lipinski definition) is 2. The zero-order chi connectivity index (χ0) is 11.1. The first-order valence-electron chi connectivity index (χ1n) is 5.57. The van der Waals surface area contributed by atoms with Gasteiger partial charge in [-0.15, -0.1) is 24.0 Å². The molecule has 2 N–H and O–H groups in total. The van der Waals surface area contributed by atoms with Gasteiger partial charge in [-0.2, -0.15) is 0 Å². The summed E-state index contributed by atoms with van der Waals surface area (Å²) in [5, 5.41) is 6.57. The molecule has 1 aliphatic carbocycles. The van der Waals surface area contributed by atoms with Crippen molar-refractivity contribution in [3.63, 3.8) is 0 Å².